The molecule has 0 amide bonds. The molecule has 1 fully saturated rings. The van der Waals surface area contributed by atoms with Crippen LogP contribution in [0.15, 0.2) is 60.7 Å². The minimum atomic E-state index is -3.37. The molecule has 2 aromatic carbocycles. The molecule has 1 aliphatic carbocycles. The molecule has 1 aliphatic rings. The zero-order valence-electron chi connectivity index (χ0n) is 17.4. The largest absolute Gasteiger partial charge is 0.361 e. The van der Waals surface area contributed by atoms with Crippen LogP contribution in [0.25, 0.3) is 0 Å². The van der Waals surface area contributed by atoms with Gasteiger partial charge in [-0.1, -0.05) is 60.7 Å². The molecule has 158 valence electrons. The molecule has 1 unspecified atom stereocenters. The van der Waals surface area contributed by atoms with Crippen molar-refractivity contribution in [2.75, 3.05) is 19.8 Å². The molecule has 0 aromatic heterocycles. The van der Waals surface area contributed by atoms with Crippen molar-refractivity contribution in [3.63, 3.8) is 0 Å². The van der Waals surface area contributed by atoms with Crippen LogP contribution in [-0.4, -0.2) is 36.6 Å². The van der Waals surface area contributed by atoms with Gasteiger partial charge in [0.25, 0.3) is 0 Å². The van der Waals surface area contributed by atoms with Crippen LogP contribution >= 0.6 is 7.60 Å². The Morgan fingerprint density at radius 2 is 1.38 bits per heavy atom. The SMILES string of the molecule is CCOP(=O)(OCC)C(CN(Cc1ccccc1)Cc1ccccc1)OC1CC1. The monoisotopic (exact) mass is 417 g/mol. The first-order chi connectivity index (χ1) is 14.1. The molecule has 0 heterocycles. The molecule has 0 spiro atoms. The van der Waals surface area contributed by atoms with E-state index in [1.165, 1.54) is 11.1 Å². The maximum Gasteiger partial charge on any atom is 0.360 e. The molecule has 0 aliphatic heterocycles. The number of hydrogen-bond donors (Lipinski definition) is 0. The van der Waals surface area contributed by atoms with Crippen molar-refractivity contribution in [2.45, 2.75) is 51.7 Å². The molecule has 0 saturated heterocycles. The van der Waals surface area contributed by atoms with Crippen LogP contribution in [0.5, 0.6) is 0 Å². The number of benzene rings is 2. The predicted octanol–water partition coefficient (Wildman–Crippen LogP) is 5.46. The lowest BCUT2D eigenvalue weighted by Crippen LogP contribution is -2.35. The maximum absolute atomic E-state index is 13.5. The highest BCUT2D eigenvalue weighted by molar-refractivity contribution is 7.54. The van der Waals surface area contributed by atoms with Gasteiger partial charge in [0.1, 0.15) is 0 Å². The Bertz CT molecular complexity index is 715. The van der Waals surface area contributed by atoms with E-state index < -0.39 is 13.4 Å². The summed E-state index contributed by atoms with van der Waals surface area (Å²) in [6.07, 6.45) is 2.17. The van der Waals surface area contributed by atoms with E-state index in [-0.39, 0.29) is 6.10 Å². The van der Waals surface area contributed by atoms with Crippen molar-refractivity contribution in [3.8, 4) is 0 Å². The van der Waals surface area contributed by atoms with Crippen LogP contribution in [-0.2, 0) is 31.4 Å². The molecular weight excluding hydrogens is 385 g/mol. The lowest BCUT2D eigenvalue weighted by molar-refractivity contribution is 0.0326. The summed E-state index contributed by atoms with van der Waals surface area (Å²) < 4.78 is 31.0. The highest BCUT2D eigenvalue weighted by atomic mass is 31.2. The van der Waals surface area contributed by atoms with E-state index in [0.717, 1.165) is 25.9 Å². The third-order valence-corrected chi connectivity index (χ3v) is 6.98. The van der Waals surface area contributed by atoms with Crippen LogP contribution in [0, 0.1) is 0 Å². The molecule has 29 heavy (non-hydrogen) atoms. The van der Waals surface area contributed by atoms with Crippen molar-refractivity contribution in [1.29, 1.82) is 0 Å². The van der Waals surface area contributed by atoms with Gasteiger partial charge >= 0.3 is 7.60 Å². The summed E-state index contributed by atoms with van der Waals surface area (Å²) in [6.45, 7) is 6.30. The molecular formula is C23H32NO4P. The third kappa shape index (κ3) is 7.06. The Morgan fingerprint density at radius 3 is 1.79 bits per heavy atom. The van der Waals surface area contributed by atoms with Crippen LogP contribution in [0.1, 0.15) is 37.8 Å². The Morgan fingerprint density at radius 1 is 0.897 bits per heavy atom. The molecule has 6 heteroatoms. The molecule has 2 aromatic rings. The zero-order valence-corrected chi connectivity index (χ0v) is 18.3. The van der Waals surface area contributed by atoms with E-state index >= 15 is 0 Å². The summed E-state index contributed by atoms with van der Waals surface area (Å²) in [5.74, 6) is -0.595. The minimum Gasteiger partial charge on any atom is -0.361 e. The van der Waals surface area contributed by atoms with E-state index in [1.807, 2.05) is 50.2 Å². The first-order valence-electron chi connectivity index (χ1n) is 10.5. The molecule has 1 saturated carbocycles. The van der Waals surface area contributed by atoms with Gasteiger partial charge in [0.05, 0.1) is 19.3 Å². The lowest BCUT2D eigenvalue weighted by Gasteiger charge is -2.31. The second-order valence-corrected chi connectivity index (χ2v) is 9.48. The molecule has 1 atom stereocenters. The van der Waals surface area contributed by atoms with Gasteiger partial charge in [-0.2, -0.15) is 0 Å². The minimum absolute atomic E-state index is 0.157. The lowest BCUT2D eigenvalue weighted by atomic mass is 10.1. The number of ether oxygens (including phenoxy) is 1. The second kappa shape index (κ2) is 11.1. The van der Waals surface area contributed by atoms with Crippen molar-refractivity contribution >= 4 is 7.60 Å². The Balaban J connectivity index is 1.81. The fraction of sp³-hybridized carbons (Fsp3) is 0.478. The molecule has 3 rings (SSSR count). The van der Waals surface area contributed by atoms with E-state index in [1.54, 1.807) is 0 Å². The number of rotatable bonds is 13. The van der Waals surface area contributed by atoms with Crippen molar-refractivity contribution in [3.05, 3.63) is 71.8 Å². The Kier molecular flexibility index (Phi) is 8.46. The molecule has 0 N–H and O–H groups in total. The van der Waals surface area contributed by atoms with Crippen molar-refractivity contribution in [1.82, 2.24) is 4.90 Å². The molecule has 0 bridgehead atoms. The van der Waals surface area contributed by atoms with Gasteiger partial charge in [-0.15, -0.1) is 0 Å². The van der Waals surface area contributed by atoms with Crippen LogP contribution < -0.4 is 0 Å². The quantitative estimate of drug-likeness (QED) is 0.405. The average Bonchev–Trinajstić information content (AvgIpc) is 3.53. The van der Waals surface area contributed by atoms with E-state index in [9.17, 15) is 4.57 Å². The third-order valence-electron chi connectivity index (χ3n) is 4.76. The number of nitrogens with zero attached hydrogens (tertiary/aromatic N) is 1. The van der Waals surface area contributed by atoms with Crippen LogP contribution in [0.3, 0.4) is 0 Å². The summed E-state index contributed by atoms with van der Waals surface area (Å²) in [5.41, 5.74) is 2.41. The molecule has 5 nitrogen and oxygen atoms in total. The fourth-order valence-electron chi connectivity index (χ4n) is 3.30. The maximum atomic E-state index is 13.5. The highest BCUT2D eigenvalue weighted by Gasteiger charge is 2.41. The second-order valence-electron chi connectivity index (χ2n) is 7.31. The summed E-state index contributed by atoms with van der Waals surface area (Å²) in [4.78, 5) is 2.27. The van der Waals surface area contributed by atoms with Gasteiger partial charge < -0.3 is 13.8 Å². The zero-order chi connectivity index (χ0) is 20.5. The van der Waals surface area contributed by atoms with E-state index in [4.69, 9.17) is 13.8 Å². The summed E-state index contributed by atoms with van der Waals surface area (Å²) in [7, 11) is -3.37. The predicted molar refractivity (Wildman–Crippen MR) is 116 cm³/mol. The van der Waals surface area contributed by atoms with Gasteiger partial charge in [-0.25, -0.2) is 0 Å². The topological polar surface area (TPSA) is 48.0 Å². The average molecular weight is 417 g/mol. The van der Waals surface area contributed by atoms with E-state index in [2.05, 4.69) is 29.2 Å². The standard InChI is InChI=1S/C23H32NO4P/c1-3-26-29(25,27-4-2)23(28-22-15-16-22)19-24(17-20-11-7-5-8-12-20)18-21-13-9-6-10-14-21/h5-14,22-23H,3-4,15-19H2,1-2H3. The van der Waals surface area contributed by atoms with Gasteiger partial charge in [-0.05, 0) is 37.8 Å². The molecule has 0 radical (unpaired) electrons. The van der Waals surface area contributed by atoms with Gasteiger partial charge in [0.15, 0.2) is 5.85 Å². The van der Waals surface area contributed by atoms with Gasteiger partial charge in [0, 0.05) is 19.6 Å². The van der Waals surface area contributed by atoms with Gasteiger partial charge in [0.2, 0.25) is 0 Å². The summed E-state index contributed by atoms with van der Waals surface area (Å²) in [6, 6.07) is 20.6. The van der Waals surface area contributed by atoms with Crippen LogP contribution in [0.4, 0.5) is 0 Å². The Labute approximate surface area is 174 Å². The van der Waals surface area contributed by atoms with Crippen molar-refractivity contribution < 1.29 is 18.3 Å². The Hall–Kier alpha value is -1.49. The van der Waals surface area contributed by atoms with Crippen LogP contribution in [0.2, 0.25) is 0 Å². The highest BCUT2D eigenvalue weighted by Crippen LogP contribution is 2.55. The smallest absolute Gasteiger partial charge is 0.360 e. The first-order valence-corrected chi connectivity index (χ1v) is 12.1. The van der Waals surface area contributed by atoms with Gasteiger partial charge in [-0.3, -0.25) is 9.46 Å². The van der Waals surface area contributed by atoms with Crippen molar-refractivity contribution in [2.24, 2.45) is 0 Å². The fourth-order valence-corrected chi connectivity index (χ4v) is 5.18. The van der Waals surface area contributed by atoms with E-state index in [0.29, 0.717) is 19.8 Å². The summed E-state index contributed by atoms with van der Waals surface area (Å²) in [5, 5.41) is 0. The summed E-state index contributed by atoms with van der Waals surface area (Å²) >= 11 is 0. The normalized spacial score (nSPS) is 15.6. The number of hydrogen-bond acceptors (Lipinski definition) is 5. The first kappa shape index (κ1) is 22.2.